The van der Waals surface area contributed by atoms with E-state index >= 15 is 0 Å². The van der Waals surface area contributed by atoms with Gasteiger partial charge in [-0.05, 0) is 43.5 Å². The average molecular weight is 465 g/mol. The molecule has 1 atom stereocenters. The van der Waals surface area contributed by atoms with Crippen molar-refractivity contribution >= 4 is 23.6 Å². The molecule has 0 bridgehead atoms. The number of urea groups is 1. The Labute approximate surface area is 192 Å². The maximum atomic E-state index is 13.6. The number of aromatic nitrogens is 2. The molecule has 1 aromatic heterocycles. The highest BCUT2D eigenvalue weighted by Gasteiger charge is 2.25. The van der Waals surface area contributed by atoms with Crippen LogP contribution >= 0.6 is 11.6 Å². The summed E-state index contributed by atoms with van der Waals surface area (Å²) in [4.78, 5) is 23.8. The highest BCUT2D eigenvalue weighted by atomic mass is 35.5. The molecule has 0 aliphatic carbocycles. The van der Waals surface area contributed by atoms with Gasteiger partial charge in [-0.2, -0.15) is 0 Å². The van der Waals surface area contributed by atoms with Gasteiger partial charge in [-0.25, -0.2) is 19.2 Å². The van der Waals surface area contributed by atoms with Gasteiger partial charge >= 0.3 is 6.03 Å². The Morgan fingerprint density at radius 2 is 2.19 bits per heavy atom. The second-order valence-electron chi connectivity index (χ2n) is 8.01. The van der Waals surface area contributed by atoms with Crippen LogP contribution in [0.15, 0.2) is 24.4 Å². The standard InChI is InChI=1S/C22H30ClFN6O2/c1-14(2)27-21-26-11-16-6-8-30(13-20(16)28-21)22(31)29-19(12-25-7-9-32-3)15-4-5-18(24)17(23)10-15/h4-5,10-11,14,19,25H,6-9,12-13H2,1-3H3,(H,29,31)(H,26,27,28)/t19-/m1/s1. The third-order valence-corrected chi connectivity index (χ3v) is 5.42. The highest BCUT2D eigenvalue weighted by molar-refractivity contribution is 6.30. The number of benzene rings is 1. The van der Waals surface area contributed by atoms with Crippen molar-refractivity contribution in [2.24, 2.45) is 0 Å². The van der Waals surface area contributed by atoms with Gasteiger partial charge in [-0.1, -0.05) is 17.7 Å². The minimum absolute atomic E-state index is 0.0208. The number of carbonyl (C=O) groups is 1. The summed E-state index contributed by atoms with van der Waals surface area (Å²) in [6.45, 7) is 6.61. The Bertz CT molecular complexity index is 929. The van der Waals surface area contributed by atoms with Gasteiger partial charge in [-0.15, -0.1) is 0 Å². The normalized spacial score (nSPS) is 14.2. The summed E-state index contributed by atoms with van der Waals surface area (Å²) in [5.74, 6) is 0.0631. The monoisotopic (exact) mass is 464 g/mol. The number of nitrogens with one attached hydrogen (secondary N) is 3. The number of anilines is 1. The Morgan fingerprint density at radius 1 is 1.38 bits per heavy atom. The lowest BCUT2D eigenvalue weighted by atomic mass is 10.1. The number of hydrogen-bond acceptors (Lipinski definition) is 6. The molecule has 1 aromatic carbocycles. The third kappa shape index (κ3) is 6.51. The first-order valence-electron chi connectivity index (χ1n) is 10.7. The minimum atomic E-state index is -0.494. The zero-order chi connectivity index (χ0) is 23.1. The minimum Gasteiger partial charge on any atom is -0.383 e. The van der Waals surface area contributed by atoms with Gasteiger partial charge in [0, 0.05) is 39.0 Å². The molecule has 3 rings (SSSR count). The van der Waals surface area contributed by atoms with E-state index in [2.05, 4.69) is 25.9 Å². The quantitative estimate of drug-likeness (QED) is 0.494. The molecule has 174 valence electrons. The molecule has 0 spiro atoms. The number of ether oxygens (including phenoxy) is 1. The fourth-order valence-corrected chi connectivity index (χ4v) is 3.64. The lowest BCUT2D eigenvalue weighted by Gasteiger charge is -2.30. The second kappa shape index (κ2) is 11.4. The van der Waals surface area contributed by atoms with Crippen LogP contribution in [0, 0.1) is 5.82 Å². The third-order valence-electron chi connectivity index (χ3n) is 5.13. The molecule has 10 heteroatoms. The van der Waals surface area contributed by atoms with Crippen LogP contribution in [-0.4, -0.2) is 60.3 Å². The molecule has 1 aliphatic heterocycles. The molecule has 0 unspecified atom stereocenters. The van der Waals surface area contributed by atoms with Crippen molar-refractivity contribution < 1.29 is 13.9 Å². The molecule has 8 nitrogen and oxygen atoms in total. The van der Waals surface area contributed by atoms with E-state index in [9.17, 15) is 9.18 Å². The number of hydrogen-bond donors (Lipinski definition) is 3. The Morgan fingerprint density at radius 3 is 2.91 bits per heavy atom. The van der Waals surface area contributed by atoms with Gasteiger partial charge in [0.25, 0.3) is 0 Å². The van der Waals surface area contributed by atoms with Gasteiger partial charge in [0.15, 0.2) is 0 Å². The fraction of sp³-hybridized carbons (Fsp3) is 0.500. The summed E-state index contributed by atoms with van der Waals surface area (Å²) in [6.07, 6.45) is 2.51. The van der Waals surface area contributed by atoms with Gasteiger partial charge < -0.3 is 25.6 Å². The van der Waals surface area contributed by atoms with E-state index in [1.165, 1.54) is 6.07 Å². The molecule has 2 amide bonds. The number of halogens is 2. The molecule has 2 aromatic rings. The van der Waals surface area contributed by atoms with Crippen LogP contribution in [-0.2, 0) is 17.7 Å². The van der Waals surface area contributed by atoms with Crippen LogP contribution in [0.3, 0.4) is 0 Å². The molecular formula is C22H30ClFN6O2. The van der Waals surface area contributed by atoms with E-state index in [1.54, 1.807) is 24.1 Å². The Hall–Kier alpha value is -2.49. The molecule has 1 aliphatic rings. The van der Waals surface area contributed by atoms with Crippen LogP contribution < -0.4 is 16.0 Å². The predicted molar refractivity (Wildman–Crippen MR) is 122 cm³/mol. The zero-order valence-electron chi connectivity index (χ0n) is 18.6. The lowest BCUT2D eigenvalue weighted by Crippen LogP contribution is -2.46. The highest BCUT2D eigenvalue weighted by Crippen LogP contribution is 2.22. The number of amides is 2. The van der Waals surface area contributed by atoms with Crippen molar-refractivity contribution in [3.8, 4) is 0 Å². The van der Waals surface area contributed by atoms with Crippen molar-refractivity contribution in [1.29, 1.82) is 0 Å². The Balaban J connectivity index is 1.70. The number of nitrogens with zero attached hydrogens (tertiary/aromatic N) is 3. The summed E-state index contributed by atoms with van der Waals surface area (Å²) in [5.41, 5.74) is 2.61. The van der Waals surface area contributed by atoms with Crippen LogP contribution in [0.4, 0.5) is 15.1 Å². The smallest absolute Gasteiger partial charge is 0.318 e. The number of rotatable bonds is 9. The molecular weight excluding hydrogens is 435 g/mol. The Kier molecular flexibility index (Phi) is 8.60. The zero-order valence-corrected chi connectivity index (χ0v) is 19.4. The number of carbonyl (C=O) groups excluding carboxylic acids is 1. The summed E-state index contributed by atoms with van der Waals surface area (Å²) < 4.78 is 18.7. The SMILES string of the molecule is COCCNC[C@@H](NC(=O)N1CCc2cnc(NC(C)C)nc2C1)c1ccc(F)c(Cl)c1. The maximum absolute atomic E-state index is 13.6. The van der Waals surface area contributed by atoms with Gasteiger partial charge in [0.1, 0.15) is 5.82 Å². The van der Waals surface area contributed by atoms with E-state index in [0.29, 0.717) is 45.2 Å². The summed E-state index contributed by atoms with van der Waals surface area (Å²) in [6, 6.07) is 4.09. The van der Waals surface area contributed by atoms with Crippen LogP contribution in [0.25, 0.3) is 0 Å². The molecule has 0 saturated carbocycles. The summed E-state index contributed by atoms with van der Waals surface area (Å²) in [5, 5.41) is 9.51. The maximum Gasteiger partial charge on any atom is 0.318 e. The van der Waals surface area contributed by atoms with E-state index in [4.69, 9.17) is 16.3 Å². The van der Waals surface area contributed by atoms with Crippen molar-refractivity contribution in [3.05, 3.63) is 52.1 Å². The topological polar surface area (TPSA) is 91.4 Å². The van der Waals surface area contributed by atoms with E-state index < -0.39 is 5.82 Å². The van der Waals surface area contributed by atoms with Crippen molar-refractivity contribution in [2.45, 2.75) is 38.9 Å². The average Bonchev–Trinajstić information content (AvgIpc) is 2.76. The molecule has 3 N–H and O–H groups in total. The molecule has 0 saturated heterocycles. The molecule has 0 radical (unpaired) electrons. The van der Waals surface area contributed by atoms with Gasteiger partial charge in [0.05, 0.1) is 29.9 Å². The number of fused-ring (bicyclic) bond motifs is 1. The van der Waals surface area contributed by atoms with Crippen molar-refractivity contribution in [1.82, 2.24) is 25.5 Å². The number of methoxy groups -OCH3 is 1. The summed E-state index contributed by atoms with van der Waals surface area (Å²) >= 11 is 5.98. The van der Waals surface area contributed by atoms with Crippen LogP contribution in [0.2, 0.25) is 5.02 Å². The van der Waals surface area contributed by atoms with E-state index in [0.717, 1.165) is 16.8 Å². The molecule has 32 heavy (non-hydrogen) atoms. The molecule has 2 heterocycles. The fourth-order valence-electron chi connectivity index (χ4n) is 3.45. The van der Waals surface area contributed by atoms with Gasteiger partial charge in [0.2, 0.25) is 5.95 Å². The first kappa shape index (κ1) is 24.2. The first-order chi connectivity index (χ1) is 15.4. The van der Waals surface area contributed by atoms with E-state index in [-0.39, 0.29) is 23.1 Å². The predicted octanol–water partition coefficient (Wildman–Crippen LogP) is 3.13. The van der Waals surface area contributed by atoms with Crippen LogP contribution in [0.5, 0.6) is 0 Å². The second-order valence-corrected chi connectivity index (χ2v) is 8.42. The van der Waals surface area contributed by atoms with Crippen LogP contribution in [0.1, 0.15) is 36.7 Å². The lowest BCUT2D eigenvalue weighted by molar-refractivity contribution is 0.185. The largest absolute Gasteiger partial charge is 0.383 e. The summed E-state index contributed by atoms with van der Waals surface area (Å²) in [7, 11) is 1.63. The van der Waals surface area contributed by atoms with Crippen molar-refractivity contribution in [3.63, 3.8) is 0 Å². The van der Waals surface area contributed by atoms with Gasteiger partial charge in [-0.3, -0.25) is 0 Å². The van der Waals surface area contributed by atoms with Crippen molar-refractivity contribution in [2.75, 3.05) is 38.7 Å². The molecule has 0 fully saturated rings. The van der Waals surface area contributed by atoms with E-state index in [1.807, 2.05) is 20.0 Å². The first-order valence-corrected chi connectivity index (χ1v) is 11.1.